The third kappa shape index (κ3) is 15.7. The van der Waals surface area contributed by atoms with Crippen LogP contribution in [0.5, 0.6) is 0 Å². The maximum atomic E-state index is 14.1. The molecule has 6 aromatic rings. The van der Waals surface area contributed by atoms with E-state index in [4.69, 9.17) is 33.8 Å². The highest BCUT2D eigenvalue weighted by Crippen LogP contribution is 2.37. The van der Waals surface area contributed by atoms with Gasteiger partial charge in [-0.2, -0.15) is 0 Å². The van der Waals surface area contributed by atoms with Crippen molar-refractivity contribution in [2.75, 3.05) is 115 Å². The van der Waals surface area contributed by atoms with E-state index in [0.29, 0.717) is 71.3 Å². The number of imidazole rings is 1. The molecular formula is C61H76FN9O10S. The van der Waals surface area contributed by atoms with E-state index in [1.165, 1.54) is 11.0 Å². The molecule has 0 saturated carbocycles. The van der Waals surface area contributed by atoms with Crippen molar-refractivity contribution in [3.8, 4) is 21.8 Å². The highest BCUT2D eigenvalue weighted by molar-refractivity contribution is 7.13. The fourth-order valence-corrected chi connectivity index (χ4v) is 11.7. The molecule has 3 saturated heterocycles. The summed E-state index contributed by atoms with van der Waals surface area (Å²) in [6, 6.07) is 24.0. The van der Waals surface area contributed by atoms with Crippen LogP contribution < -0.4 is 9.80 Å². The third-order valence-electron chi connectivity index (χ3n) is 15.4. The number of anilines is 2. The first-order valence-electron chi connectivity index (χ1n) is 28.5. The summed E-state index contributed by atoms with van der Waals surface area (Å²) in [6.07, 6.45) is 3.75. The minimum atomic E-state index is -0.815. The maximum Gasteiger partial charge on any atom is 0.248 e. The molecule has 1 N–H and O–H groups in total. The van der Waals surface area contributed by atoms with E-state index in [-0.39, 0.29) is 94.1 Å². The van der Waals surface area contributed by atoms with Crippen LogP contribution in [0.4, 0.5) is 16.0 Å². The lowest BCUT2D eigenvalue weighted by Gasteiger charge is -2.35. The van der Waals surface area contributed by atoms with Gasteiger partial charge >= 0.3 is 0 Å². The van der Waals surface area contributed by atoms with E-state index in [9.17, 15) is 28.7 Å². The Kier molecular flexibility index (Phi) is 20.9. The van der Waals surface area contributed by atoms with Crippen molar-refractivity contribution >= 4 is 52.0 Å². The van der Waals surface area contributed by atoms with Gasteiger partial charge < -0.3 is 48.4 Å². The van der Waals surface area contributed by atoms with Gasteiger partial charge in [0.05, 0.1) is 99.0 Å². The molecule has 19 nitrogen and oxygen atoms in total. The number of thiazole rings is 1. The second-order valence-corrected chi connectivity index (χ2v) is 23.0. The number of ether oxygens (including phenoxy) is 5. The second-order valence-electron chi connectivity index (χ2n) is 22.2. The van der Waals surface area contributed by atoms with Crippen LogP contribution in [0.2, 0.25) is 0 Å². The minimum Gasteiger partial charge on any atom is -0.391 e. The number of hydrogen-bond donors (Lipinski definition) is 1. The molecule has 0 aliphatic carbocycles. The summed E-state index contributed by atoms with van der Waals surface area (Å²) in [5.74, 6) is -0.0543. The molecule has 438 valence electrons. The maximum absolute atomic E-state index is 14.1. The Morgan fingerprint density at radius 1 is 0.793 bits per heavy atom. The van der Waals surface area contributed by atoms with E-state index in [2.05, 4.69) is 19.8 Å². The fourth-order valence-electron chi connectivity index (χ4n) is 10.9. The monoisotopic (exact) mass is 1150 g/mol. The molecule has 21 heteroatoms. The molecular weight excluding hydrogens is 1070 g/mol. The molecule has 0 bridgehead atoms. The van der Waals surface area contributed by atoms with E-state index < -0.39 is 23.5 Å². The molecule has 3 aliphatic heterocycles. The molecule has 4 atom stereocenters. The predicted molar refractivity (Wildman–Crippen MR) is 309 cm³/mol. The Labute approximate surface area is 482 Å². The Morgan fingerprint density at radius 3 is 2.17 bits per heavy atom. The number of rotatable bonds is 28. The molecule has 82 heavy (non-hydrogen) atoms. The number of carbonyl (C=O) groups is 4. The number of amides is 2. The van der Waals surface area contributed by atoms with Gasteiger partial charge in [-0.05, 0) is 84.7 Å². The lowest BCUT2D eigenvalue weighted by atomic mass is 9.76. The number of β-amino-alcohol motifs (C(OH)–C–C–N with tert-alkyl or cyclic N) is 1. The van der Waals surface area contributed by atoms with Crippen molar-refractivity contribution in [2.24, 2.45) is 11.3 Å². The van der Waals surface area contributed by atoms with Crippen molar-refractivity contribution in [3.05, 3.63) is 113 Å². The van der Waals surface area contributed by atoms with Crippen molar-refractivity contribution in [2.45, 2.75) is 84.4 Å². The van der Waals surface area contributed by atoms with Gasteiger partial charge in [-0.1, -0.05) is 63.2 Å². The van der Waals surface area contributed by atoms with Crippen molar-refractivity contribution in [1.82, 2.24) is 34.4 Å². The number of halogens is 1. The standard InChI is InChI=1S/C61H76FN9O10S/c1-42-59(82-41-64-42)44-16-13-43(14-17-44)15-18-54(74)52-36-47(72)38-70(52)60(76)49(61(2,3)4)35-48(73)39-80-32-30-78-28-26-77-27-29-79-31-33-81-40-58(75)68-24-22-67(23-25-68)56-12-6-10-50(65-56)53-37-63-55-19-20-57(66-71(53)55)69-21-7-11-51(69)45-8-5-9-46(62)34-45/h5-6,8-10,12-14,16-17,19-20,34,37,41,47,49,51-52,72H,7,11,15,18,21-33,35-36,38-40H2,1-4H3/t47-,49-,51-,52+/m1/s1. The quantitative estimate of drug-likeness (QED) is 0.0482. The summed E-state index contributed by atoms with van der Waals surface area (Å²) in [5.41, 5.74) is 7.45. The fraction of sp³-hybridized carbons (Fsp3) is 0.508. The van der Waals surface area contributed by atoms with Crippen LogP contribution in [0.3, 0.4) is 0 Å². The molecule has 0 radical (unpaired) electrons. The summed E-state index contributed by atoms with van der Waals surface area (Å²) in [4.78, 5) is 76.5. The Balaban J connectivity index is 0.596. The van der Waals surface area contributed by atoms with Crippen LogP contribution >= 0.6 is 11.3 Å². The summed E-state index contributed by atoms with van der Waals surface area (Å²) < 4.78 is 44.0. The second kappa shape index (κ2) is 28.6. The SMILES string of the molecule is Cc1ncsc1-c1ccc(CCC(=O)[C@@H]2C[C@@H](O)CN2C(=O)[C@@H](CC(=O)COCCOCCOCCOCCOCC(=O)N2CCN(c3cccc(-c4cnc5ccc(N6CCC[C@@H]6c6cccc(F)c6)nn45)n3)CC2)C(C)(C)C)cc1. The Morgan fingerprint density at radius 2 is 1.49 bits per heavy atom. The molecule has 4 aromatic heterocycles. The molecule has 9 rings (SSSR count). The Bertz CT molecular complexity index is 3090. The first kappa shape index (κ1) is 60.0. The zero-order valence-corrected chi connectivity index (χ0v) is 48.3. The van der Waals surface area contributed by atoms with Gasteiger partial charge in [-0.25, -0.2) is 23.9 Å². The topological polar surface area (TPSA) is 204 Å². The smallest absolute Gasteiger partial charge is 0.248 e. The summed E-state index contributed by atoms with van der Waals surface area (Å²) in [7, 11) is 0. The number of likely N-dealkylation sites (tertiary alicyclic amines) is 1. The number of aliphatic hydroxyl groups is 1. The summed E-state index contributed by atoms with van der Waals surface area (Å²) in [6.45, 7) is 13.0. The molecule has 2 amide bonds. The number of pyridine rings is 1. The van der Waals surface area contributed by atoms with Gasteiger partial charge in [-0.15, -0.1) is 16.4 Å². The number of Topliss-reactive ketones (excluding diaryl/α,β-unsaturated/α-hetero) is 2. The van der Waals surface area contributed by atoms with Crippen LogP contribution in [0.25, 0.3) is 27.5 Å². The van der Waals surface area contributed by atoms with E-state index in [0.717, 1.165) is 69.7 Å². The highest BCUT2D eigenvalue weighted by Gasteiger charge is 2.44. The van der Waals surface area contributed by atoms with Gasteiger partial charge in [0.1, 0.15) is 36.4 Å². The van der Waals surface area contributed by atoms with Crippen LogP contribution in [0.1, 0.15) is 75.7 Å². The van der Waals surface area contributed by atoms with Crippen LogP contribution in [-0.4, -0.2) is 180 Å². The molecule has 0 unspecified atom stereocenters. The van der Waals surface area contributed by atoms with E-state index >= 15 is 0 Å². The van der Waals surface area contributed by atoms with Gasteiger partial charge in [-0.3, -0.25) is 19.2 Å². The van der Waals surface area contributed by atoms with Gasteiger partial charge in [0.25, 0.3) is 0 Å². The van der Waals surface area contributed by atoms with Crippen molar-refractivity contribution in [3.63, 3.8) is 0 Å². The zero-order valence-electron chi connectivity index (χ0n) is 47.5. The first-order valence-corrected chi connectivity index (χ1v) is 29.4. The lowest BCUT2D eigenvalue weighted by Crippen LogP contribution is -2.50. The van der Waals surface area contributed by atoms with Crippen LogP contribution in [0.15, 0.2) is 90.6 Å². The average molecular weight is 1150 g/mol. The number of aromatic nitrogens is 5. The molecule has 2 aromatic carbocycles. The number of nitrogens with zero attached hydrogens (tertiary/aromatic N) is 9. The number of fused-ring (bicyclic) bond motifs is 1. The Hall–Kier alpha value is -6.59. The predicted octanol–water partition coefficient (Wildman–Crippen LogP) is 7.22. The van der Waals surface area contributed by atoms with Gasteiger partial charge in [0.2, 0.25) is 11.8 Å². The molecule has 7 heterocycles. The molecule has 3 fully saturated rings. The number of hydrogen-bond acceptors (Lipinski definition) is 17. The largest absolute Gasteiger partial charge is 0.391 e. The number of carbonyl (C=O) groups excluding carboxylic acids is 4. The molecule has 3 aliphatic rings. The highest BCUT2D eigenvalue weighted by atomic mass is 32.1. The number of aliphatic hydroxyl groups excluding tert-OH is 1. The zero-order chi connectivity index (χ0) is 57.6. The third-order valence-corrected chi connectivity index (χ3v) is 16.4. The van der Waals surface area contributed by atoms with Crippen LogP contribution in [-0.2, 0) is 49.3 Å². The number of aryl methyl sites for hydroxylation is 2. The minimum absolute atomic E-state index is 0.0368. The number of benzene rings is 2. The van der Waals surface area contributed by atoms with Gasteiger partial charge in [0.15, 0.2) is 17.2 Å². The lowest BCUT2D eigenvalue weighted by molar-refractivity contribution is -0.146. The van der Waals surface area contributed by atoms with E-state index in [1.807, 2.05) is 98.4 Å². The summed E-state index contributed by atoms with van der Waals surface area (Å²) >= 11 is 1.59. The summed E-state index contributed by atoms with van der Waals surface area (Å²) in [5, 5.41) is 15.6. The number of ketones is 2. The van der Waals surface area contributed by atoms with E-state index in [1.54, 1.807) is 34.6 Å². The molecule has 0 spiro atoms. The van der Waals surface area contributed by atoms with Crippen molar-refractivity contribution < 1.29 is 52.4 Å². The van der Waals surface area contributed by atoms with Gasteiger partial charge in [0, 0.05) is 64.4 Å². The van der Waals surface area contributed by atoms with Crippen molar-refractivity contribution in [1.29, 1.82) is 0 Å². The van der Waals surface area contributed by atoms with Crippen LogP contribution in [0, 0.1) is 24.1 Å². The number of piperazine rings is 1. The normalized spacial score (nSPS) is 18.0. The first-order chi connectivity index (χ1) is 39.7. The average Bonchev–Trinajstić information content (AvgIpc) is 4.39.